The highest BCUT2D eigenvalue weighted by atomic mass is 32.2. The molecular formula is C15H20O2S. The minimum atomic E-state index is 0.226. The van der Waals surface area contributed by atoms with Crippen LogP contribution in [0.1, 0.15) is 38.5 Å². The molecule has 2 fully saturated rings. The quantitative estimate of drug-likeness (QED) is 0.837. The molecule has 3 heteroatoms. The van der Waals surface area contributed by atoms with Crippen LogP contribution in [-0.4, -0.2) is 22.6 Å². The summed E-state index contributed by atoms with van der Waals surface area (Å²) in [7, 11) is 0. The van der Waals surface area contributed by atoms with Gasteiger partial charge in [-0.15, -0.1) is 11.8 Å². The summed E-state index contributed by atoms with van der Waals surface area (Å²) in [5, 5.41) is 9.73. The van der Waals surface area contributed by atoms with Crippen LogP contribution >= 0.6 is 11.8 Å². The molecule has 18 heavy (non-hydrogen) atoms. The lowest BCUT2D eigenvalue weighted by Gasteiger charge is -2.23. The van der Waals surface area contributed by atoms with Crippen molar-refractivity contribution in [3.63, 3.8) is 0 Å². The molecule has 98 valence electrons. The molecule has 1 N–H and O–H groups in total. The third-order valence-electron chi connectivity index (χ3n) is 4.14. The molecule has 0 bridgehead atoms. The molecule has 0 radical (unpaired) electrons. The van der Waals surface area contributed by atoms with E-state index in [0.29, 0.717) is 11.9 Å². The number of phenolic OH excluding ortho intramolecular Hbond substituents is 1. The van der Waals surface area contributed by atoms with Crippen LogP contribution in [0.3, 0.4) is 0 Å². The highest BCUT2D eigenvalue weighted by Crippen LogP contribution is 2.44. The fourth-order valence-electron chi connectivity index (χ4n) is 3.16. The minimum Gasteiger partial charge on any atom is -0.507 e. The summed E-state index contributed by atoms with van der Waals surface area (Å²) in [4.78, 5) is 0.966. The molecule has 2 aliphatic rings. The second-order valence-electron chi connectivity index (χ2n) is 5.45. The summed E-state index contributed by atoms with van der Waals surface area (Å²) in [6, 6.07) is 7.55. The summed E-state index contributed by atoms with van der Waals surface area (Å²) in [5.74, 6) is 1.34. The largest absolute Gasteiger partial charge is 0.507 e. The number of rotatable bonds is 3. The molecule has 1 saturated heterocycles. The van der Waals surface area contributed by atoms with Crippen molar-refractivity contribution < 1.29 is 9.84 Å². The zero-order chi connectivity index (χ0) is 12.4. The van der Waals surface area contributed by atoms with E-state index in [1.807, 2.05) is 18.2 Å². The fraction of sp³-hybridized carbons (Fsp3) is 0.600. The van der Waals surface area contributed by atoms with Gasteiger partial charge in [-0.2, -0.15) is 0 Å². The maximum Gasteiger partial charge on any atom is 0.129 e. The number of hydrogen-bond donors (Lipinski definition) is 1. The average Bonchev–Trinajstić information content (AvgIpc) is 3.00. The van der Waals surface area contributed by atoms with Gasteiger partial charge in [-0.05, 0) is 37.8 Å². The zero-order valence-corrected chi connectivity index (χ0v) is 11.4. The number of aromatic hydroxyl groups is 1. The molecule has 3 rings (SSSR count). The Bertz CT molecular complexity index is 413. The van der Waals surface area contributed by atoms with Crippen LogP contribution in [0.2, 0.25) is 0 Å². The normalized spacial score (nSPS) is 25.9. The van der Waals surface area contributed by atoms with Gasteiger partial charge in [0.1, 0.15) is 5.75 Å². The third-order valence-corrected chi connectivity index (χ3v) is 5.34. The molecule has 0 aromatic heterocycles. The minimum absolute atomic E-state index is 0.226. The Morgan fingerprint density at radius 3 is 2.78 bits per heavy atom. The van der Waals surface area contributed by atoms with Gasteiger partial charge < -0.3 is 9.84 Å². The van der Waals surface area contributed by atoms with Crippen LogP contribution in [0, 0.1) is 0 Å². The van der Waals surface area contributed by atoms with Crippen LogP contribution in [0.25, 0.3) is 0 Å². The van der Waals surface area contributed by atoms with Crippen LogP contribution in [-0.2, 0) is 4.74 Å². The van der Waals surface area contributed by atoms with Crippen molar-refractivity contribution in [2.45, 2.75) is 55.1 Å². The lowest BCUT2D eigenvalue weighted by molar-refractivity contribution is -0.0267. The Labute approximate surface area is 113 Å². The van der Waals surface area contributed by atoms with Gasteiger partial charge in [-0.1, -0.05) is 25.0 Å². The number of thioether (sulfide) groups is 1. The molecule has 2 nitrogen and oxygen atoms in total. The van der Waals surface area contributed by atoms with Gasteiger partial charge in [0.2, 0.25) is 0 Å². The van der Waals surface area contributed by atoms with Gasteiger partial charge in [0.15, 0.2) is 0 Å². The van der Waals surface area contributed by atoms with Crippen molar-refractivity contribution in [2.24, 2.45) is 0 Å². The van der Waals surface area contributed by atoms with E-state index in [9.17, 15) is 5.11 Å². The van der Waals surface area contributed by atoms with E-state index in [0.717, 1.165) is 10.6 Å². The van der Waals surface area contributed by atoms with E-state index in [1.54, 1.807) is 17.8 Å². The number of ether oxygens (including phenoxy) is 1. The maximum absolute atomic E-state index is 9.73. The van der Waals surface area contributed by atoms with Gasteiger partial charge in [0.25, 0.3) is 0 Å². The predicted molar refractivity (Wildman–Crippen MR) is 74.1 cm³/mol. The van der Waals surface area contributed by atoms with Crippen molar-refractivity contribution in [1.82, 2.24) is 0 Å². The molecular weight excluding hydrogens is 244 g/mol. The number of hydrogen-bond acceptors (Lipinski definition) is 3. The molecule has 1 atom stereocenters. The topological polar surface area (TPSA) is 29.5 Å². The Morgan fingerprint density at radius 2 is 2.00 bits per heavy atom. The van der Waals surface area contributed by atoms with Crippen LogP contribution in [0.4, 0.5) is 0 Å². The van der Waals surface area contributed by atoms with E-state index in [-0.39, 0.29) is 5.60 Å². The van der Waals surface area contributed by atoms with Crippen molar-refractivity contribution in [2.75, 3.05) is 5.75 Å². The third kappa shape index (κ3) is 2.52. The first-order valence-corrected chi connectivity index (χ1v) is 7.85. The predicted octanol–water partition coefficient (Wildman–Crippen LogP) is 3.98. The van der Waals surface area contributed by atoms with Crippen LogP contribution < -0.4 is 0 Å². The number of para-hydroxylation sites is 1. The molecule has 1 spiro atoms. The first kappa shape index (κ1) is 12.4. The molecule has 1 unspecified atom stereocenters. The number of phenols is 1. The average molecular weight is 264 g/mol. The van der Waals surface area contributed by atoms with Gasteiger partial charge in [-0.3, -0.25) is 0 Å². The molecule has 1 heterocycles. The van der Waals surface area contributed by atoms with Gasteiger partial charge in [0, 0.05) is 10.6 Å². The Balaban J connectivity index is 1.54. The van der Waals surface area contributed by atoms with E-state index < -0.39 is 0 Å². The van der Waals surface area contributed by atoms with Crippen molar-refractivity contribution in [1.29, 1.82) is 0 Å². The van der Waals surface area contributed by atoms with Crippen molar-refractivity contribution >= 4 is 11.8 Å². The molecule has 1 aliphatic heterocycles. The van der Waals surface area contributed by atoms with Crippen molar-refractivity contribution in [3.8, 4) is 5.75 Å². The SMILES string of the molecule is Oc1ccccc1SCC1CCC2(CCCC2)O1. The van der Waals surface area contributed by atoms with E-state index in [1.165, 1.54) is 38.5 Å². The second kappa shape index (κ2) is 5.14. The highest BCUT2D eigenvalue weighted by Gasteiger charge is 2.41. The Morgan fingerprint density at radius 1 is 1.22 bits per heavy atom. The summed E-state index contributed by atoms with van der Waals surface area (Å²) in [6.07, 6.45) is 7.96. The molecule has 0 amide bonds. The standard InChI is InChI=1S/C15H20O2S/c16-13-5-1-2-6-14(13)18-11-12-7-10-15(17-12)8-3-4-9-15/h1-2,5-6,12,16H,3-4,7-11H2. The molecule has 1 aromatic rings. The molecule has 1 aliphatic carbocycles. The summed E-state index contributed by atoms with van der Waals surface area (Å²) in [6.45, 7) is 0. The Hall–Kier alpha value is -0.670. The number of benzene rings is 1. The molecule has 1 aromatic carbocycles. The van der Waals surface area contributed by atoms with Crippen molar-refractivity contribution in [3.05, 3.63) is 24.3 Å². The first-order valence-electron chi connectivity index (χ1n) is 6.86. The van der Waals surface area contributed by atoms with E-state index >= 15 is 0 Å². The smallest absolute Gasteiger partial charge is 0.129 e. The summed E-state index contributed by atoms with van der Waals surface area (Å²) >= 11 is 1.71. The summed E-state index contributed by atoms with van der Waals surface area (Å²) < 4.78 is 6.27. The highest BCUT2D eigenvalue weighted by molar-refractivity contribution is 7.99. The van der Waals surface area contributed by atoms with Gasteiger partial charge in [-0.25, -0.2) is 0 Å². The summed E-state index contributed by atoms with van der Waals surface area (Å²) in [5.41, 5.74) is 0.226. The Kier molecular flexibility index (Phi) is 3.53. The fourth-order valence-corrected chi connectivity index (χ4v) is 4.15. The van der Waals surface area contributed by atoms with E-state index in [4.69, 9.17) is 4.74 Å². The lowest BCUT2D eigenvalue weighted by Crippen LogP contribution is -2.25. The maximum atomic E-state index is 9.73. The first-order chi connectivity index (χ1) is 8.77. The second-order valence-corrected chi connectivity index (χ2v) is 6.51. The van der Waals surface area contributed by atoms with Gasteiger partial charge in [0.05, 0.1) is 11.7 Å². The van der Waals surface area contributed by atoms with Crippen LogP contribution in [0.15, 0.2) is 29.2 Å². The van der Waals surface area contributed by atoms with Crippen LogP contribution in [0.5, 0.6) is 5.75 Å². The molecule has 1 saturated carbocycles. The van der Waals surface area contributed by atoms with E-state index in [2.05, 4.69) is 0 Å². The zero-order valence-electron chi connectivity index (χ0n) is 10.6. The lowest BCUT2D eigenvalue weighted by atomic mass is 9.98. The van der Waals surface area contributed by atoms with Gasteiger partial charge >= 0.3 is 0 Å². The monoisotopic (exact) mass is 264 g/mol.